The number of hydrogen-bond donors (Lipinski definition) is 0. The van der Waals surface area contributed by atoms with Crippen molar-refractivity contribution in [1.82, 2.24) is 0 Å². The molecule has 0 fully saturated rings. The Hall–Kier alpha value is -0.630. The summed E-state index contributed by atoms with van der Waals surface area (Å²) in [7, 11) is 1.70. The molecule has 1 nitrogen and oxygen atoms in total. The summed E-state index contributed by atoms with van der Waals surface area (Å²) < 4.78 is 5.15. The predicted molar refractivity (Wildman–Crippen MR) is 55.0 cm³/mol. The molecule has 0 saturated carbocycles. The van der Waals surface area contributed by atoms with Crippen LogP contribution in [0.3, 0.4) is 0 Å². The Balaban J connectivity index is 2.91. The van der Waals surface area contributed by atoms with Crippen LogP contribution in [0.2, 0.25) is 0 Å². The van der Waals surface area contributed by atoms with Crippen molar-refractivity contribution in [2.45, 2.75) is 12.7 Å². The van der Waals surface area contributed by atoms with Crippen molar-refractivity contribution in [3.05, 3.63) is 29.3 Å². The van der Waals surface area contributed by atoms with Crippen LogP contribution in [0.1, 0.15) is 11.1 Å². The molecule has 2 heteroatoms. The van der Waals surface area contributed by atoms with Crippen molar-refractivity contribution >= 4 is 11.8 Å². The van der Waals surface area contributed by atoms with Crippen molar-refractivity contribution in [2.75, 3.05) is 13.4 Å². The van der Waals surface area contributed by atoms with Crippen molar-refractivity contribution < 1.29 is 4.74 Å². The van der Waals surface area contributed by atoms with Crippen LogP contribution in [0.25, 0.3) is 0 Å². The molecular weight excluding hydrogens is 168 g/mol. The lowest BCUT2D eigenvalue weighted by Gasteiger charge is -2.06. The third-order valence-corrected chi connectivity index (χ3v) is 2.46. The van der Waals surface area contributed by atoms with Crippen molar-refractivity contribution in [3.63, 3.8) is 0 Å². The Morgan fingerprint density at radius 1 is 1.42 bits per heavy atom. The second kappa shape index (κ2) is 4.41. The maximum Gasteiger partial charge on any atom is 0.119 e. The first kappa shape index (κ1) is 9.46. The molecule has 0 amide bonds. The third kappa shape index (κ3) is 2.18. The van der Waals surface area contributed by atoms with Crippen LogP contribution in [0.4, 0.5) is 0 Å². The van der Waals surface area contributed by atoms with Crippen LogP contribution in [0.15, 0.2) is 18.2 Å². The third-order valence-electron chi connectivity index (χ3n) is 1.86. The van der Waals surface area contributed by atoms with Crippen LogP contribution in [-0.2, 0) is 5.75 Å². The minimum absolute atomic E-state index is 0.949. The fourth-order valence-electron chi connectivity index (χ4n) is 1.09. The lowest BCUT2D eigenvalue weighted by Crippen LogP contribution is -1.89. The molecule has 0 atom stereocenters. The molecule has 0 aliphatic rings. The number of ether oxygens (including phenoxy) is 1. The summed E-state index contributed by atoms with van der Waals surface area (Å²) in [4.78, 5) is 0. The van der Waals surface area contributed by atoms with Gasteiger partial charge in [0.15, 0.2) is 0 Å². The minimum atomic E-state index is 0.949. The smallest absolute Gasteiger partial charge is 0.119 e. The zero-order valence-corrected chi connectivity index (χ0v) is 8.57. The first-order chi connectivity index (χ1) is 5.77. The van der Waals surface area contributed by atoms with Gasteiger partial charge < -0.3 is 4.74 Å². The summed E-state index contributed by atoms with van der Waals surface area (Å²) in [6.45, 7) is 2.13. The van der Waals surface area contributed by atoms with Crippen LogP contribution < -0.4 is 4.74 Å². The van der Waals surface area contributed by atoms with Gasteiger partial charge in [-0.25, -0.2) is 0 Å². The van der Waals surface area contributed by atoms with E-state index in [2.05, 4.69) is 25.3 Å². The van der Waals surface area contributed by atoms with E-state index in [9.17, 15) is 0 Å². The van der Waals surface area contributed by atoms with Gasteiger partial charge in [0.05, 0.1) is 7.11 Å². The molecule has 0 radical (unpaired) electrons. The Bertz CT molecular complexity index is 258. The number of rotatable bonds is 3. The molecule has 0 spiro atoms. The average Bonchev–Trinajstić information content (AvgIpc) is 2.09. The van der Waals surface area contributed by atoms with Gasteiger partial charge in [0.25, 0.3) is 0 Å². The van der Waals surface area contributed by atoms with Gasteiger partial charge in [-0.1, -0.05) is 6.07 Å². The van der Waals surface area contributed by atoms with Gasteiger partial charge in [-0.2, -0.15) is 11.8 Å². The quantitative estimate of drug-likeness (QED) is 0.711. The summed E-state index contributed by atoms with van der Waals surface area (Å²) in [5, 5.41) is 0. The highest BCUT2D eigenvalue weighted by Gasteiger charge is 1.98. The highest BCUT2D eigenvalue weighted by Crippen LogP contribution is 2.20. The second-order valence-electron chi connectivity index (χ2n) is 2.73. The standard InChI is InChI=1S/C10H14OS/c1-8-4-5-10(11-2)6-9(8)7-12-3/h4-6H,7H2,1-3H3. The summed E-state index contributed by atoms with van der Waals surface area (Å²) in [5.74, 6) is 2.01. The molecule has 1 aromatic rings. The van der Waals surface area contributed by atoms with Gasteiger partial charge >= 0.3 is 0 Å². The number of thioether (sulfide) groups is 1. The van der Waals surface area contributed by atoms with Crippen LogP contribution in [0, 0.1) is 6.92 Å². The van der Waals surface area contributed by atoms with Gasteiger partial charge in [0.2, 0.25) is 0 Å². The van der Waals surface area contributed by atoms with Crippen LogP contribution >= 0.6 is 11.8 Å². The van der Waals surface area contributed by atoms with Gasteiger partial charge in [-0.05, 0) is 36.4 Å². The van der Waals surface area contributed by atoms with E-state index in [-0.39, 0.29) is 0 Å². The number of hydrogen-bond acceptors (Lipinski definition) is 2. The van der Waals surface area contributed by atoms with E-state index >= 15 is 0 Å². The largest absolute Gasteiger partial charge is 0.497 e. The molecule has 0 aromatic heterocycles. The van der Waals surface area contributed by atoms with E-state index in [4.69, 9.17) is 4.74 Å². The maximum absolute atomic E-state index is 5.15. The Morgan fingerprint density at radius 2 is 2.17 bits per heavy atom. The van der Waals surface area contributed by atoms with Crippen molar-refractivity contribution in [3.8, 4) is 5.75 Å². The first-order valence-corrected chi connectivity index (χ1v) is 5.29. The fourth-order valence-corrected chi connectivity index (χ4v) is 1.71. The monoisotopic (exact) mass is 182 g/mol. The molecule has 66 valence electrons. The molecule has 0 aliphatic carbocycles. The maximum atomic E-state index is 5.15. The minimum Gasteiger partial charge on any atom is -0.497 e. The summed E-state index contributed by atoms with van der Waals surface area (Å²) in [6.07, 6.45) is 2.11. The van der Waals surface area contributed by atoms with Crippen molar-refractivity contribution in [2.24, 2.45) is 0 Å². The van der Waals surface area contributed by atoms with Gasteiger partial charge in [-0.3, -0.25) is 0 Å². The van der Waals surface area contributed by atoms with E-state index in [1.807, 2.05) is 17.8 Å². The number of methoxy groups -OCH3 is 1. The normalized spacial score (nSPS) is 9.92. The first-order valence-electron chi connectivity index (χ1n) is 3.90. The van der Waals surface area contributed by atoms with E-state index < -0.39 is 0 Å². The molecule has 0 bridgehead atoms. The SMILES string of the molecule is COc1ccc(C)c(CSC)c1. The Kier molecular flexibility index (Phi) is 3.48. The molecule has 1 rings (SSSR count). The second-order valence-corrected chi connectivity index (χ2v) is 3.59. The lowest BCUT2D eigenvalue weighted by atomic mass is 10.1. The zero-order valence-electron chi connectivity index (χ0n) is 7.76. The summed E-state index contributed by atoms with van der Waals surface area (Å²) in [5.41, 5.74) is 2.70. The molecule has 0 heterocycles. The summed E-state index contributed by atoms with van der Waals surface area (Å²) >= 11 is 1.83. The van der Waals surface area contributed by atoms with E-state index in [0.717, 1.165) is 11.5 Å². The molecule has 0 N–H and O–H groups in total. The lowest BCUT2D eigenvalue weighted by molar-refractivity contribution is 0.414. The number of benzene rings is 1. The molecule has 0 saturated heterocycles. The molecule has 1 aromatic carbocycles. The van der Waals surface area contributed by atoms with Gasteiger partial charge in [0.1, 0.15) is 5.75 Å². The Morgan fingerprint density at radius 3 is 2.75 bits per heavy atom. The van der Waals surface area contributed by atoms with E-state index in [1.54, 1.807) is 7.11 Å². The summed E-state index contributed by atoms with van der Waals surface area (Å²) in [6, 6.07) is 6.20. The average molecular weight is 182 g/mol. The predicted octanol–water partition coefficient (Wildman–Crippen LogP) is 2.87. The molecular formula is C10H14OS. The van der Waals surface area contributed by atoms with Crippen molar-refractivity contribution in [1.29, 1.82) is 0 Å². The van der Waals surface area contributed by atoms with Gasteiger partial charge in [-0.15, -0.1) is 0 Å². The van der Waals surface area contributed by atoms with Gasteiger partial charge in [0, 0.05) is 5.75 Å². The van der Waals surface area contributed by atoms with E-state index in [1.165, 1.54) is 11.1 Å². The molecule has 0 unspecified atom stereocenters. The highest BCUT2D eigenvalue weighted by atomic mass is 32.2. The van der Waals surface area contributed by atoms with Crippen LogP contribution in [-0.4, -0.2) is 13.4 Å². The zero-order chi connectivity index (χ0) is 8.97. The van der Waals surface area contributed by atoms with E-state index in [0.29, 0.717) is 0 Å². The highest BCUT2D eigenvalue weighted by molar-refractivity contribution is 7.97. The molecule has 0 aliphatic heterocycles. The van der Waals surface area contributed by atoms with Crippen LogP contribution in [0.5, 0.6) is 5.75 Å². The number of aryl methyl sites for hydroxylation is 1. The Labute approximate surface area is 78.1 Å². The molecule has 12 heavy (non-hydrogen) atoms. The fraction of sp³-hybridized carbons (Fsp3) is 0.400. The topological polar surface area (TPSA) is 9.23 Å².